The number of fused-ring (bicyclic) bond motifs is 2. The molecule has 0 fully saturated rings. The topological polar surface area (TPSA) is 52.3 Å². The Balaban J connectivity index is 1.50. The molecule has 0 bridgehead atoms. The largest absolute Gasteiger partial charge is 0.471 e. The molecule has 0 radical (unpaired) electrons. The summed E-state index contributed by atoms with van der Waals surface area (Å²) in [5.74, 6) is 0.591. The minimum atomic E-state index is 0.358. The molecule has 4 aromatic heterocycles. The SMILES string of the molecule is Cc1ccc2nc(COc3ncnc4scc(-c5ccccc5)c34)cn2c1. The second kappa shape index (κ2) is 6.48. The van der Waals surface area contributed by atoms with Crippen LogP contribution in [0.2, 0.25) is 0 Å². The second-order valence-corrected chi connectivity index (χ2v) is 7.23. The average Bonchev–Trinajstić information content (AvgIpc) is 3.30. The van der Waals surface area contributed by atoms with E-state index in [0.717, 1.165) is 32.7 Å². The number of nitrogens with zero attached hydrogens (tertiary/aromatic N) is 4. The number of aryl methyl sites for hydroxylation is 1. The normalized spacial score (nSPS) is 11.3. The maximum atomic E-state index is 6.07. The summed E-state index contributed by atoms with van der Waals surface area (Å²) < 4.78 is 8.08. The monoisotopic (exact) mass is 372 g/mol. The molecule has 132 valence electrons. The molecule has 5 rings (SSSR count). The summed E-state index contributed by atoms with van der Waals surface area (Å²) in [6.07, 6.45) is 5.60. The van der Waals surface area contributed by atoms with Gasteiger partial charge in [-0.05, 0) is 24.1 Å². The molecule has 5 nitrogen and oxygen atoms in total. The van der Waals surface area contributed by atoms with E-state index in [2.05, 4.69) is 51.7 Å². The van der Waals surface area contributed by atoms with Crippen molar-refractivity contribution in [3.05, 3.63) is 77.8 Å². The molecule has 0 aliphatic heterocycles. The van der Waals surface area contributed by atoms with E-state index in [1.165, 1.54) is 5.56 Å². The predicted molar refractivity (Wildman–Crippen MR) is 107 cm³/mol. The van der Waals surface area contributed by atoms with Crippen LogP contribution in [0, 0.1) is 6.92 Å². The van der Waals surface area contributed by atoms with Gasteiger partial charge in [0.1, 0.15) is 23.4 Å². The highest BCUT2D eigenvalue weighted by Gasteiger charge is 2.14. The average molecular weight is 372 g/mol. The summed E-state index contributed by atoms with van der Waals surface area (Å²) in [6, 6.07) is 14.3. The molecule has 0 atom stereocenters. The van der Waals surface area contributed by atoms with Crippen LogP contribution in [0.5, 0.6) is 5.88 Å². The molecule has 4 heterocycles. The van der Waals surface area contributed by atoms with Gasteiger partial charge in [-0.3, -0.25) is 0 Å². The van der Waals surface area contributed by atoms with Gasteiger partial charge in [0.2, 0.25) is 5.88 Å². The molecule has 0 unspecified atom stereocenters. The number of thiophene rings is 1. The Labute approximate surface area is 159 Å². The van der Waals surface area contributed by atoms with Crippen molar-refractivity contribution in [1.82, 2.24) is 19.4 Å². The zero-order valence-electron chi connectivity index (χ0n) is 14.7. The lowest BCUT2D eigenvalue weighted by atomic mass is 10.1. The van der Waals surface area contributed by atoms with E-state index >= 15 is 0 Å². The number of aromatic nitrogens is 4. The van der Waals surface area contributed by atoms with E-state index in [-0.39, 0.29) is 0 Å². The van der Waals surface area contributed by atoms with Crippen LogP contribution in [-0.2, 0) is 6.61 Å². The Kier molecular flexibility index (Phi) is 3.83. The van der Waals surface area contributed by atoms with E-state index < -0.39 is 0 Å². The fraction of sp³-hybridized carbons (Fsp3) is 0.0952. The van der Waals surface area contributed by atoms with Crippen molar-refractivity contribution < 1.29 is 4.74 Å². The van der Waals surface area contributed by atoms with Gasteiger partial charge >= 0.3 is 0 Å². The highest BCUT2D eigenvalue weighted by molar-refractivity contribution is 7.17. The van der Waals surface area contributed by atoms with Crippen LogP contribution in [0.15, 0.2) is 66.6 Å². The molecule has 6 heteroatoms. The van der Waals surface area contributed by atoms with Crippen LogP contribution in [0.3, 0.4) is 0 Å². The van der Waals surface area contributed by atoms with Crippen molar-refractivity contribution in [2.24, 2.45) is 0 Å². The van der Waals surface area contributed by atoms with Crippen LogP contribution in [0.1, 0.15) is 11.3 Å². The molecule has 0 saturated carbocycles. The van der Waals surface area contributed by atoms with Crippen molar-refractivity contribution >= 4 is 27.2 Å². The summed E-state index contributed by atoms with van der Waals surface area (Å²) in [6.45, 7) is 2.42. The minimum absolute atomic E-state index is 0.358. The molecule has 0 spiro atoms. The Morgan fingerprint density at radius 1 is 1.04 bits per heavy atom. The molecule has 0 amide bonds. The third-order valence-corrected chi connectivity index (χ3v) is 5.31. The number of rotatable bonds is 4. The van der Waals surface area contributed by atoms with Gasteiger partial charge in [-0.2, -0.15) is 0 Å². The molecular weight excluding hydrogens is 356 g/mol. The second-order valence-electron chi connectivity index (χ2n) is 6.37. The van der Waals surface area contributed by atoms with E-state index in [1.807, 2.05) is 34.9 Å². The first-order valence-electron chi connectivity index (χ1n) is 8.62. The Morgan fingerprint density at radius 2 is 1.93 bits per heavy atom. The van der Waals surface area contributed by atoms with Crippen molar-refractivity contribution in [2.45, 2.75) is 13.5 Å². The molecule has 0 aliphatic rings. The zero-order valence-corrected chi connectivity index (χ0v) is 15.5. The lowest BCUT2D eigenvalue weighted by molar-refractivity contribution is 0.294. The van der Waals surface area contributed by atoms with Crippen LogP contribution in [0.25, 0.3) is 27.0 Å². The number of hydrogen-bond acceptors (Lipinski definition) is 5. The van der Waals surface area contributed by atoms with Gasteiger partial charge in [-0.25, -0.2) is 15.0 Å². The fourth-order valence-corrected chi connectivity index (χ4v) is 4.06. The summed E-state index contributed by atoms with van der Waals surface area (Å²) in [4.78, 5) is 14.3. The van der Waals surface area contributed by atoms with E-state index in [4.69, 9.17) is 4.74 Å². The summed E-state index contributed by atoms with van der Waals surface area (Å²) in [5, 5.41) is 3.06. The fourth-order valence-electron chi connectivity index (χ4n) is 3.15. The van der Waals surface area contributed by atoms with Gasteiger partial charge in [-0.15, -0.1) is 11.3 Å². The highest BCUT2D eigenvalue weighted by atomic mass is 32.1. The number of ether oxygens (including phenoxy) is 1. The van der Waals surface area contributed by atoms with Crippen molar-refractivity contribution in [2.75, 3.05) is 0 Å². The molecule has 27 heavy (non-hydrogen) atoms. The Bertz CT molecular complexity index is 1240. The first kappa shape index (κ1) is 16.0. The van der Waals surface area contributed by atoms with Crippen LogP contribution in [0.4, 0.5) is 0 Å². The van der Waals surface area contributed by atoms with Gasteiger partial charge in [0.05, 0.1) is 11.1 Å². The zero-order chi connectivity index (χ0) is 18.2. The van der Waals surface area contributed by atoms with Gasteiger partial charge in [0.15, 0.2) is 0 Å². The number of benzene rings is 1. The van der Waals surface area contributed by atoms with Crippen molar-refractivity contribution in [1.29, 1.82) is 0 Å². The quantitative estimate of drug-likeness (QED) is 0.450. The van der Waals surface area contributed by atoms with Gasteiger partial charge in [-0.1, -0.05) is 36.4 Å². The Morgan fingerprint density at radius 3 is 2.81 bits per heavy atom. The van der Waals surface area contributed by atoms with Gasteiger partial charge in [0.25, 0.3) is 0 Å². The Hall–Kier alpha value is -3.25. The molecule has 1 aromatic carbocycles. The molecule has 0 aliphatic carbocycles. The van der Waals surface area contributed by atoms with E-state index in [0.29, 0.717) is 12.5 Å². The smallest absolute Gasteiger partial charge is 0.226 e. The first-order valence-corrected chi connectivity index (χ1v) is 9.50. The summed E-state index contributed by atoms with van der Waals surface area (Å²) >= 11 is 1.60. The van der Waals surface area contributed by atoms with Gasteiger partial charge < -0.3 is 9.14 Å². The minimum Gasteiger partial charge on any atom is -0.471 e. The number of hydrogen-bond donors (Lipinski definition) is 0. The van der Waals surface area contributed by atoms with Crippen LogP contribution >= 0.6 is 11.3 Å². The third kappa shape index (κ3) is 2.94. The lowest BCUT2D eigenvalue weighted by Gasteiger charge is -2.06. The molecule has 0 saturated heterocycles. The highest BCUT2D eigenvalue weighted by Crippen LogP contribution is 2.37. The molecular formula is C21H16N4OS. The standard InChI is InChI=1S/C21H16N4OS/c1-14-7-8-18-24-16(10-25(18)9-14)11-26-20-19-17(15-5-3-2-4-6-15)12-27-21(19)23-13-22-20/h2-10,12-13H,11H2,1H3. The maximum absolute atomic E-state index is 6.07. The first-order chi connectivity index (χ1) is 13.3. The predicted octanol–water partition coefficient (Wildman–Crippen LogP) is 4.89. The molecule has 5 aromatic rings. The van der Waals surface area contributed by atoms with Gasteiger partial charge in [0, 0.05) is 23.3 Å². The summed E-state index contributed by atoms with van der Waals surface area (Å²) in [7, 11) is 0. The third-order valence-electron chi connectivity index (χ3n) is 4.43. The van der Waals surface area contributed by atoms with E-state index in [1.54, 1.807) is 17.7 Å². The van der Waals surface area contributed by atoms with E-state index in [9.17, 15) is 0 Å². The van der Waals surface area contributed by atoms with Crippen LogP contribution in [-0.4, -0.2) is 19.4 Å². The van der Waals surface area contributed by atoms with Crippen molar-refractivity contribution in [3.63, 3.8) is 0 Å². The number of pyridine rings is 1. The maximum Gasteiger partial charge on any atom is 0.226 e. The van der Waals surface area contributed by atoms with Crippen molar-refractivity contribution in [3.8, 4) is 17.0 Å². The molecule has 0 N–H and O–H groups in total. The van der Waals surface area contributed by atoms with Crippen LogP contribution < -0.4 is 4.74 Å². The lowest BCUT2D eigenvalue weighted by Crippen LogP contribution is -1.98. The summed E-state index contributed by atoms with van der Waals surface area (Å²) in [5.41, 5.74) is 5.19. The number of imidazole rings is 1.